The lowest BCUT2D eigenvalue weighted by Gasteiger charge is -2.21. The van der Waals surface area contributed by atoms with Gasteiger partial charge in [0.15, 0.2) is 0 Å². The van der Waals surface area contributed by atoms with Gasteiger partial charge in [0.2, 0.25) is 0 Å². The molecule has 1 atom stereocenters. The van der Waals surface area contributed by atoms with Gasteiger partial charge in [-0.1, -0.05) is 86.9 Å². The molecule has 0 nitrogen and oxygen atoms in total. The Kier molecular flexibility index (Phi) is 6.17. The summed E-state index contributed by atoms with van der Waals surface area (Å²) in [6, 6.07) is 0. The van der Waals surface area contributed by atoms with Crippen LogP contribution in [0.25, 0.3) is 0 Å². The molecule has 0 heteroatoms. The molecule has 0 radical (unpaired) electrons. The highest BCUT2D eigenvalue weighted by atomic mass is 14.3. The first-order chi connectivity index (χ1) is 11.3. The van der Waals surface area contributed by atoms with Crippen LogP contribution in [0.4, 0.5) is 0 Å². The van der Waals surface area contributed by atoms with Gasteiger partial charge in [0, 0.05) is 5.92 Å². The Bertz CT molecular complexity index is 682. The third-order valence-electron chi connectivity index (χ3n) is 4.14. The third-order valence-corrected chi connectivity index (χ3v) is 4.14. The summed E-state index contributed by atoms with van der Waals surface area (Å²) < 4.78 is 0. The summed E-state index contributed by atoms with van der Waals surface area (Å²) in [6.07, 6.45) is 25.5. The van der Waals surface area contributed by atoms with Crippen molar-refractivity contribution in [2.75, 3.05) is 0 Å². The van der Waals surface area contributed by atoms with Crippen LogP contribution in [0.15, 0.2) is 108 Å². The molecule has 1 unspecified atom stereocenters. The molecule has 0 aromatic heterocycles. The minimum absolute atomic E-state index is 0.353. The molecule has 2 aliphatic rings. The molecule has 0 heterocycles. The van der Waals surface area contributed by atoms with Crippen LogP contribution < -0.4 is 0 Å². The fourth-order valence-corrected chi connectivity index (χ4v) is 3.31. The van der Waals surface area contributed by atoms with E-state index in [4.69, 9.17) is 0 Å². The first-order valence-corrected chi connectivity index (χ1v) is 8.34. The van der Waals surface area contributed by atoms with E-state index >= 15 is 0 Å². The monoisotopic (exact) mass is 302 g/mol. The third kappa shape index (κ3) is 3.53. The van der Waals surface area contributed by atoms with E-state index in [1.807, 2.05) is 24.3 Å². The van der Waals surface area contributed by atoms with Crippen molar-refractivity contribution in [2.24, 2.45) is 5.92 Å². The lowest BCUT2D eigenvalue weighted by molar-refractivity contribution is 0.890. The quantitative estimate of drug-likeness (QED) is 0.384. The van der Waals surface area contributed by atoms with Gasteiger partial charge in [-0.25, -0.2) is 0 Å². The summed E-state index contributed by atoms with van der Waals surface area (Å²) in [5, 5.41) is 0. The first-order valence-electron chi connectivity index (χ1n) is 8.34. The number of hydrogen-bond donors (Lipinski definition) is 0. The molecule has 2 rings (SSSR count). The molecule has 0 fully saturated rings. The zero-order valence-electron chi connectivity index (χ0n) is 14.3. The fraction of sp³-hybridized carbons (Fsp3) is 0.217. The van der Waals surface area contributed by atoms with Gasteiger partial charge in [0.05, 0.1) is 0 Å². The maximum atomic E-state index is 3.82. The molecule has 23 heavy (non-hydrogen) atoms. The fourth-order valence-electron chi connectivity index (χ4n) is 3.31. The lowest BCUT2D eigenvalue weighted by atomic mass is 9.83. The van der Waals surface area contributed by atoms with Gasteiger partial charge in [0.25, 0.3) is 0 Å². The molecule has 0 aromatic carbocycles. The smallest absolute Gasteiger partial charge is 0.0284 e. The standard InChI is InChI=1S/C23H26/c1-5-9-15-20-19(13-8-4)22-17-11-14-18(12-7-3)23(22)21(20)16-10-6-2/h5-6,8-13,15-17,22H,1-2,7,14H2,3-4H3/b13-8-,15-9-,16-10-,18-12-. The molecule has 0 saturated carbocycles. The molecule has 0 spiro atoms. The van der Waals surface area contributed by atoms with Crippen LogP contribution in [-0.4, -0.2) is 0 Å². The highest BCUT2D eigenvalue weighted by molar-refractivity contribution is 5.69. The lowest BCUT2D eigenvalue weighted by Crippen LogP contribution is -2.07. The maximum Gasteiger partial charge on any atom is 0.0284 e. The minimum atomic E-state index is 0.353. The van der Waals surface area contributed by atoms with E-state index in [9.17, 15) is 0 Å². The highest BCUT2D eigenvalue weighted by Crippen LogP contribution is 2.46. The summed E-state index contributed by atoms with van der Waals surface area (Å²) in [5.74, 6) is 0.353. The Balaban J connectivity index is 2.71. The van der Waals surface area contributed by atoms with Crippen LogP contribution in [0.3, 0.4) is 0 Å². The van der Waals surface area contributed by atoms with E-state index < -0.39 is 0 Å². The Morgan fingerprint density at radius 3 is 2.39 bits per heavy atom. The van der Waals surface area contributed by atoms with Gasteiger partial charge in [-0.05, 0) is 47.6 Å². The summed E-state index contributed by atoms with van der Waals surface area (Å²) in [4.78, 5) is 0. The SMILES string of the molecule is C=C/C=C\C1=C(/C=C\C)C2C=CC/C(=C/CC)C2=C1/C=C\C=C. The summed E-state index contributed by atoms with van der Waals surface area (Å²) in [5.41, 5.74) is 6.86. The molecule has 0 N–H and O–H groups in total. The number of fused-ring (bicyclic) bond motifs is 1. The second-order valence-corrected chi connectivity index (χ2v) is 5.63. The Morgan fingerprint density at radius 2 is 1.78 bits per heavy atom. The first kappa shape index (κ1) is 17.0. The molecule has 0 aliphatic heterocycles. The molecule has 2 aliphatic carbocycles. The summed E-state index contributed by atoms with van der Waals surface area (Å²) in [6.45, 7) is 11.9. The van der Waals surface area contributed by atoms with Crippen molar-refractivity contribution in [3.63, 3.8) is 0 Å². The van der Waals surface area contributed by atoms with Gasteiger partial charge in [-0.2, -0.15) is 0 Å². The molecule has 118 valence electrons. The second kappa shape index (κ2) is 8.33. The number of rotatable bonds is 6. The summed E-state index contributed by atoms with van der Waals surface area (Å²) in [7, 11) is 0. The number of allylic oxidation sites excluding steroid dienone is 16. The van der Waals surface area contributed by atoms with Crippen LogP contribution in [0.1, 0.15) is 26.7 Å². The molecular weight excluding hydrogens is 276 g/mol. The van der Waals surface area contributed by atoms with E-state index in [2.05, 4.69) is 69.5 Å². The van der Waals surface area contributed by atoms with Crippen molar-refractivity contribution >= 4 is 0 Å². The van der Waals surface area contributed by atoms with Crippen LogP contribution in [0.5, 0.6) is 0 Å². The predicted molar refractivity (Wildman–Crippen MR) is 103 cm³/mol. The van der Waals surface area contributed by atoms with E-state index in [1.54, 1.807) is 0 Å². The van der Waals surface area contributed by atoms with Gasteiger partial charge in [0.1, 0.15) is 0 Å². The normalized spacial score (nSPS) is 23.0. The van der Waals surface area contributed by atoms with Gasteiger partial charge in [-0.3, -0.25) is 0 Å². The zero-order valence-corrected chi connectivity index (χ0v) is 14.3. The Morgan fingerprint density at radius 1 is 1.09 bits per heavy atom. The van der Waals surface area contributed by atoms with Crippen LogP contribution in [-0.2, 0) is 0 Å². The molecule has 0 bridgehead atoms. The van der Waals surface area contributed by atoms with Crippen molar-refractivity contribution in [2.45, 2.75) is 26.7 Å². The average molecular weight is 302 g/mol. The molecule has 0 amide bonds. The Hall–Kier alpha value is -2.34. The van der Waals surface area contributed by atoms with Crippen LogP contribution in [0.2, 0.25) is 0 Å². The maximum absolute atomic E-state index is 3.82. The van der Waals surface area contributed by atoms with Crippen molar-refractivity contribution < 1.29 is 0 Å². The largest absolute Gasteiger partial charge is 0.0991 e. The molecular formula is C23H26. The van der Waals surface area contributed by atoms with E-state index in [0.717, 1.165) is 12.8 Å². The molecule has 0 saturated heterocycles. The van der Waals surface area contributed by atoms with Crippen molar-refractivity contribution in [3.05, 3.63) is 108 Å². The second-order valence-electron chi connectivity index (χ2n) is 5.63. The van der Waals surface area contributed by atoms with Crippen LogP contribution >= 0.6 is 0 Å². The Labute approximate surface area is 141 Å². The van der Waals surface area contributed by atoms with E-state index in [0.29, 0.717) is 5.92 Å². The van der Waals surface area contributed by atoms with Gasteiger partial charge < -0.3 is 0 Å². The minimum Gasteiger partial charge on any atom is -0.0991 e. The highest BCUT2D eigenvalue weighted by Gasteiger charge is 2.31. The van der Waals surface area contributed by atoms with Gasteiger partial charge >= 0.3 is 0 Å². The average Bonchev–Trinajstić information content (AvgIpc) is 2.86. The van der Waals surface area contributed by atoms with Crippen molar-refractivity contribution in [1.82, 2.24) is 0 Å². The topological polar surface area (TPSA) is 0 Å². The molecule has 0 aromatic rings. The van der Waals surface area contributed by atoms with Crippen molar-refractivity contribution in [1.29, 1.82) is 0 Å². The number of hydrogen-bond acceptors (Lipinski definition) is 0. The zero-order chi connectivity index (χ0) is 16.7. The van der Waals surface area contributed by atoms with Crippen molar-refractivity contribution in [3.8, 4) is 0 Å². The van der Waals surface area contributed by atoms with E-state index in [1.165, 1.54) is 27.9 Å². The predicted octanol–water partition coefficient (Wildman–Crippen LogP) is 6.57. The van der Waals surface area contributed by atoms with E-state index in [-0.39, 0.29) is 0 Å². The van der Waals surface area contributed by atoms with Gasteiger partial charge in [-0.15, -0.1) is 0 Å². The summed E-state index contributed by atoms with van der Waals surface area (Å²) >= 11 is 0. The van der Waals surface area contributed by atoms with Crippen LogP contribution in [0, 0.1) is 5.92 Å².